The van der Waals surface area contributed by atoms with Crippen LogP contribution in [0.5, 0.6) is 5.75 Å². The monoisotopic (exact) mass is 469 g/mol. The lowest BCUT2D eigenvalue weighted by atomic mass is 9.78. The fourth-order valence-electron chi connectivity index (χ4n) is 3.44. The fraction of sp³-hybridized carbons (Fsp3) is 0.346. The van der Waals surface area contributed by atoms with Crippen LogP contribution in [0, 0.1) is 5.41 Å². The van der Waals surface area contributed by atoms with E-state index in [4.69, 9.17) is 14.6 Å². The summed E-state index contributed by atoms with van der Waals surface area (Å²) in [7, 11) is 0. The highest BCUT2D eigenvalue weighted by Crippen LogP contribution is 2.44. The van der Waals surface area contributed by atoms with Crippen LogP contribution in [0.4, 0.5) is 10.5 Å². The number of ketones is 1. The number of anilines is 1. The van der Waals surface area contributed by atoms with E-state index in [0.717, 1.165) is 6.08 Å². The maximum atomic E-state index is 12.8. The molecule has 0 aliphatic carbocycles. The number of benzene rings is 2. The third kappa shape index (κ3) is 8.04. The number of carbonyl (C=O) groups is 3. The molecule has 8 heteroatoms. The van der Waals surface area contributed by atoms with Gasteiger partial charge in [0.2, 0.25) is 0 Å². The van der Waals surface area contributed by atoms with E-state index < -0.39 is 23.6 Å². The van der Waals surface area contributed by atoms with Crippen LogP contribution in [0.25, 0.3) is 0 Å². The van der Waals surface area contributed by atoms with Gasteiger partial charge in [-0.3, -0.25) is 10.1 Å². The number of hydrogen-bond donors (Lipinski definition) is 3. The molecule has 0 radical (unpaired) electrons. The molecule has 0 heterocycles. The van der Waals surface area contributed by atoms with E-state index in [9.17, 15) is 19.5 Å². The molecule has 3 N–H and O–H groups in total. The molecule has 0 unspecified atom stereocenters. The highest BCUT2D eigenvalue weighted by Gasteiger charge is 2.35. The number of carbonyl (C=O) groups excluding carboxylic acids is 2. The highest BCUT2D eigenvalue weighted by atomic mass is 16.6. The first-order chi connectivity index (χ1) is 16.1. The van der Waals surface area contributed by atoms with Gasteiger partial charge < -0.3 is 19.7 Å². The van der Waals surface area contributed by atoms with E-state index in [0.29, 0.717) is 35.4 Å². The largest absolute Gasteiger partial charge is 0.491 e. The van der Waals surface area contributed by atoms with Gasteiger partial charge in [-0.05, 0) is 50.1 Å². The van der Waals surface area contributed by atoms with Crippen LogP contribution in [0.1, 0.15) is 55.6 Å². The predicted octanol–water partition coefficient (Wildman–Crippen LogP) is 5.00. The number of rotatable bonds is 12. The van der Waals surface area contributed by atoms with Gasteiger partial charge in [0.05, 0.1) is 6.61 Å². The number of nitrogens with one attached hydrogen (secondary N) is 1. The van der Waals surface area contributed by atoms with Crippen molar-refractivity contribution in [1.29, 1.82) is 0 Å². The number of carboxylic acids is 1. The van der Waals surface area contributed by atoms with Gasteiger partial charge in [-0.2, -0.15) is 0 Å². The van der Waals surface area contributed by atoms with Crippen LogP contribution in [0.2, 0.25) is 0 Å². The number of aliphatic carboxylic acids is 1. The van der Waals surface area contributed by atoms with Crippen molar-refractivity contribution in [2.24, 2.45) is 5.41 Å². The van der Waals surface area contributed by atoms with Gasteiger partial charge in [0.25, 0.3) is 0 Å². The summed E-state index contributed by atoms with van der Waals surface area (Å²) in [6.07, 6.45) is 2.21. The van der Waals surface area contributed by atoms with E-state index in [-0.39, 0.29) is 19.0 Å². The number of aliphatic hydroxyl groups excluding tert-OH is 1. The molecule has 0 saturated carbocycles. The molecule has 1 atom stereocenters. The van der Waals surface area contributed by atoms with Crippen LogP contribution in [0.3, 0.4) is 0 Å². The Labute approximate surface area is 199 Å². The molecule has 34 heavy (non-hydrogen) atoms. The first kappa shape index (κ1) is 26.6. The molecular weight excluding hydrogens is 438 g/mol. The maximum Gasteiger partial charge on any atom is 0.412 e. The molecule has 0 aliphatic rings. The zero-order chi connectivity index (χ0) is 25.1. The summed E-state index contributed by atoms with van der Waals surface area (Å²) in [5.41, 5.74) is 1.03. The van der Waals surface area contributed by atoms with Gasteiger partial charge in [0.15, 0.2) is 5.78 Å². The van der Waals surface area contributed by atoms with Crippen molar-refractivity contribution in [2.45, 2.75) is 39.7 Å². The fourth-order valence-corrected chi connectivity index (χ4v) is 3.44. The predicted molar refractivity (Wildman–Crippen MR) is 128 cm³/mol. The van der Waals surface area contributed by atoms with Crippen molar-refractivity contribution in [2.75, 3.05) is 18.5 Å². The molecule has 2 rings (SSSR count). The van der Waals surface area contributed by atoms with Crippen molar-refractivity contribution in [3.05, 3.63) is 71.8 Å². The van der Waals surface area contributed by atoms with Crippen molar-refractivity contribution >= 4 is 23.5 Å². The Hall–Kier alpha value is -3.65. The number of carboxylic acid groups (broad SMARTS) is 1. The summed E-state index contributed by atoms with van der Waals surface area (Å²) in [4.78, 5) is 35.1. The molecule has 0 spiro atoms. The van der Waals surface area contributed by atoms with Crippen molar-refractivity contribution in [1.82, 2.24) is 0 Å². The number of aliphatic hydroxyl groups is 1. The van der Waals surface area contributed by atoms with Gasteiger partial charge in [0, 0.05) is 28.3 Å². The second-order valence-corrected chi connectivity index (χ2v) is 8.42. The zero-order valence-corrected chi connectivity index (χ0v) is 19.6. The molecule has 8 nitrogen and oxygen atoms in total. The number of Topliss-reactive ketones (excluding diaryl/α,β-unsaturated/α-hetero) is 1. The zero-order valence-electron chi connectivity index (χ0n) is 19.6. The lowest BCUT2D eigenvalue weighted by Crippen LogP contribution is -2.29. The second-order valence-electron chi connectivity index (χ2n) is 8.42. The van der Waals surface area contributed by atoms with Gasteiger partial charge in [0.1, 0.15) is 18.5 Å². The van der Waals surface area contributed by atoms with Crippen LogP contribution in [-0.2, 0) is 9.53 Å². The molecule has 0 bridgehead atoms. The Morgan fingerprint density at radius 1 is 1.09 bits per heavy atom. The first-order valence-electron chi connectivity index (χ1n) is 10.9. The molecule has 2 aromatic rings. The Balaban J connectivity index is 2.28. The summed E-state index contributed by atoms with van der Waals surface area (Å²) in [5.74, 6) is -0.620. The van der Waals surface area contributed by atoms with E-state index in [1.54, 1.807) is 54.6 Å². The third-order valence-electron chi connectivity index (χ3n) is 5.24. The molecule has 0 aromatic heterocycles. The van der Waals surface area contributed by atoms with Crippen LogP contribution in [-0.4, -0.2) is 41.3 Å². The van der Waals surface area contributed by atoms with Crippen molar-refractivity contribution < 1.29 is 34.1 Å². The standard InChI is InChI=1S/C26H31NO7/c1-18(29)19-11-13-20(14-12-19)27-25(32)34-24(26(2,3)15-7-6-10-23(30)31)21-8-4-5-9-22(21)33-17-16-28/h4-6,8-14,24,28H,7,15-17H2,1-3H3,(H,27,32)(H,30,31)/b10-6+/t24-/m0/s1. The average molecular weight is 470 g/mol. The topological polar surface area (TPSA) is 122 Å². The van der Waals surface area contributed by atoms with E-state index >= 15 is 0 Å². The molecular formula is C26H31NO7. The third-order valence-corrected chi connectivity index (χ3v) is 5.24. The molecule has 0 fully saturated rings. The first-order valence-corrected chi connectivity index (χ1v) is 10.9. The van der Waals surface area contributed by atoms with Crippen LogP contribution >= 0.6 is 0 Å². The minimum Gasteiger partial charge on any atom is -0.491 e. The maximum absolute atomic E-state index is 12.8. The van der Waals surface area contributed by atoms with E-state index in [1.807, 2.05) is 13.8 Å². The minimum atomic E-state index is -1.02. The minimum absolute atomic E-state index is 0.0765. The summed E-state index contributed by atoms with van der Waals surface area (Å²) >= 11 is 0. The number of para-hydroxylation sites is 1. The molecule has 0 saturated heterocycles. The van der Waals surface area contributed by atoms with Crippen LogP contribution < -0.4 is 10.1 Å². The Morgan fingerprint density at radius 3 is 2.38 bits per heavy atom. The van der Waals surface area contributed by atoms with E-state index in [1.165, 1.54) is 6.92 Å². The van der Waals surface area contributed by atoms with Crippen LogP contribution in [0.15, 0.2) is 60.7 Å². The summed E-state index contributed by atoms with van der Waals surface area (Å²) < 4.78 is 11.6. The van der Waals surface area contributed by atoms with Crippen molar-refractivity contribution in [3.8, 4) is 5.75 Å². The number of hydrogen-bond acceptors (Lipinski definition) is 6. The molecule has 182 valence electrons. The Kier molecular flexibility index (Phi) is 9.82. The summed E-state index contributed by atoms with van der Waals surface area (Å²) in [5, 5.41) is 20.7. The van der Waals surface area contributed by atoms with Gasteiger partial charge in [-0.1, -0.05) is 38.1 Å². The SMILES string of the molecule is CC(=O)c1ccc(NC(=O)O[C@@H](c2ccccc2OCCO)C(C)(C)CC/C=C/C(=O)O)cc1. The molecule has 0 aliphatic heterocycles. The Morgan fingerprint density at radius 2 is 1.76 bits per heavy atom. The molecule has 1 amide bonds. The lowest BCUT2D eigenvalue weighted by molar-refractivity contribution is -0.131. The lowest BCUT2D eigenvalue weighted by Gasteiger charge is -2.35. The highest BCUT2D eigenvalue weighted by molar-refractivity contribution is 5.95. The number of allylic oxidation sites excluding steroid dienone is 1. The van der Waals surface area contributed by atoms with Gasteiger partial charge in [-0.25, -0.2) is 9.59 Å². The van der Waals surface area contributed by atoms with Gasteiger partial charge >= 0.3 is 12.1 Å². The number of amides is 1. The van der Waals surface area contributed by atoms with Gasteiger partial charge in [-0.15, -0.1) is 0 Å². The average Bonchev–Trinajstić information content (AvgIpc) is 2.79. The Bertz CT molecular complexity index is 1010. The van der Waals surface area contributed by atoms with Crippen molar-refractivity contribution in [3.63, 3.8) is 0 Å². The number of ether oxygens (including phenoxy) is 2. The van der Waals surface area contributed by atoms with E-state index in [2.05, 4.69) is 5.32 Å². The molecule has 2 aromatic carbocycles. The quantitative estimate of drug-likeness (QED) is 0.295. The smallest absolute Gasteiger partial charge is 0.412 e. The normalized spacial score (nSPS) is 12.2. The summed E-state index contributed by atoms with van der Waals surface area (Å²) in [6.45, 7) is 5.22. The summed E-state index contributed by atoms with van der Waals surface area (Å²) in [6, 6.07) is 13.6. The second kappa shape index (κ2) is 12.6.